The standard InChI is InChI=1S/C16H19ClN4O4/c1-5-20(15(24)25-16(2,3)4)6-7-21-11(13(22)23)8-10-9-18-14(17)19-12(10)21/h5,8-9H,1,6-7H2,2-4H3,(H,22,23). The van der Waals surface area contributed by atoms with E-state index in [0.29, 0.717) is 11.0 Å². The third-order valence-corrected chi connectivity index (χ3v) is 3.42. The number of amides is 1. The molecule has 2 heterocycles. The smallest absolute Gasteiger partial charge is 0.414 e. The number of carboxylic acid groups (broad SMARTS) is 1. The van der Waals surface area contributed by atoms with Gasteiger partial charge in [-0.2, -0.15) is 4.98 Å². The summed E-state index contributed by atoms with van der Waals surface area (Å²) in [4.78, 5) is 32.8. The Labute approximate surface area is 149 Å². The van der Waals surface area contributed by atoms with Gasteiger partial charge in [-0.3, -0.25) is 4.90 Å². The zero-order chi connectivity index (χ0) is 18.8. The summed E-state index contributed by atoms with van der Waals surface area (Å²) in [6.45, 7) is 9.20. The number of halogens is 1. The SMILES string of the molecule is C=CN(CCn1c(C(=O)O)cc2cnc(Cl)nc21)C(=O)OC(C)(C)C. The minimum absolute atomic E-state index is 0.0107. The lowest BCUT2D eigenvalue weighted by molar-refractivity contribution is 0.0331. The van der Waals surface area contributed by atoms with Gasteiger partial charge in [0.15, 0.2) is 0 Å². The van der Waals surface area contributed by atoms with E-state index in [1.54, 1.807) is 20.8 Å². The maximum atomic E-state index is 12.1. The molecule has 0 unspecified atom stereocenters. The van der Waals surface area contributed by atoms with Crippen LogP contribution in [0.15, 0.2) is 25.0 Å². The molecule has 1 amide bonds. The topological polar surface area (TPSA) is 97.5 Å². The Bertz CT molecular complexity index is 825. The monoisotopic (exact) mass is 366 g/mol. The molecule has 25 heavy (non-hydrogen) atoms. The van der Waals surface area contributed by atoms with Crippen molar-refractivity contribution in [1.29, 1.82) is 0 Å². The van der Waals surface area contributed by atoms with Crippen LogP contribution < -0.4 is 0 Å². The first-order chi connectivity index (χ1) is 11.6. The average molecular weight is 367 g/mol. The van der Waals surface area contributed by atoms with E-state index in [4.69, 9.17) is 16.3 Å². The molecule has 0 atom stereocenters. The van der Waals surface area contributed by atoms with Crippen LogP contribution in [0.5, 0.6) is 0 Å². The van der Waals surface area contributed by atoms with Crippen molar-refractivity contribution in [3.05, 3.63) is 36.0 Å². The molecule has 8 nitrogen and oxygen atoms in total. The largest absolute Gasteiger partial charge is 0.477 e. The third-order valence-electron chi connectivity index (χ3n) is 3.24. The highest BCUT2D eigenvalue weighted by molar-refractivity contribution is 6.28. The van der Waals surface area contributed by atoms with Crippen LogP contribution in [-0.4, -0.2) is 48.7 Å². The summed E-state index contributed by atoms with van der Waals surface area (Å²) in [5, 5.41) is 9.95. The van der Waals surface area contributed by atoms with Crippen molar-refractivity contribution in [2.45, 2.75) is 32.9 Å². The molecule has 0 aliphatic carbocycles. The van der Waals surface area contributed by atoms with Gasteiger partial charge in [-0.05, 0) is 38.4 Å². The number of nitrogens with zero attached hydrogens (tertiary/aromatic N) is 4. The number of ether oxygens (including phenoxy) is 1. The van der Waals surface area contributed by atoms with Crippen molar-refractivity contribution in [3.63, 3.8) is 0 Å². The molecular formula is C16H19ClN4O4. The average Bonchev–Trinajstić information content (AvgIpc) is 2.84. The second-order valence-corrected chi connectivity index (χ2v) is 6.60. The molecule has 134 valence electrons. The summed E-state index contributed by atoms with van der Waals surface area (Å²) in [6.07, 6.45) is 2.22. The maximum absolute atomic E-state index is 12.1. The van der Waals surface area contributed by atoms with Crippen LogP contribution in [0.2, 0.25) is 5.28 Å². The lowest BCUT2D eigenvalue weighted by atomic mass is 10.2. The molecule has 0 aliphatic rings. The lowest BCUT2D eigenvalue weighted by Crippen LogP contribution is -2.35. The van der Waals surface area contributed by atoms with E-state index in [2.05, 4.69) is 16.5 Å². The molecule has 0 spiro atoms. The first-order valence-corrected chi connectivity index (χ1v) is 7.87. The van der Waals surface area contributed by atoms with E-state index in [1.165, 1.54) is 27.9 Å². The Balaban J connectivity index is 2.28. The minimum Gasteiger partial charge on any atom is -0.477 e. The summed E-state index contributed by atoms with van der Waals surface area (Å²) in [6, 6.07) is 1.46. The van der Waals surface area contributed by atoms with Crippen molar-refractivity contribution in [2.24, 2.45) is 0 Å². The number of aromatic nitrogens is 3. The van der Waals surface area contributed by atoms with Gasteiger partial charge < -0.3 is 14.4 Å². The molecular weight excluding hydrogens is 348 g/mol. The second-order valence-electron chi connectivity index (χ2n) is 6.26. The Morgan fingerprint density at radius 1 is 1.48 bits per heavy atom. The van der Waals surface area contributed by atoms with Crippen LogP contribution in [0.4, 0.5) is 4.79 Å². The molecule has 2 aromatic rings. The van der Waals surface area contributed by atoms with Crippen molar-refractivity contribution in [3.8, 4) is 0 Å². The molecule has 0 saturated heterocycles. The normalized spacial score (nSPS) is 11.4. The van der Waals surface area contributed by atoms with Crippen LogP contribution in [0.3, 0.4) is 0 Å². The molecule has 0 radical (unpaired) electrons. The van der Waals surface area contributed by atoms with Crippen molar-refractivity contribution in [1.82, 2.24) is 19.4 Å². The van der Waals surface area contributed by atoms with Gasteiger partial charge in [0.25, 0.3) is 0 Å². The van der Waals surface area contributed by atoms with Gasteiger partial charge in [0.1, 0.15) is 16.9 Å². The molecule has 0 saturated carbocycles. The van der Waals surface area contributed by atoms with E-state index in [0.717, 1.165) is 0 Å². The highest BCUT2D eigenvalue weighted by Gasteiger charge is 2.22. The van der Waals surface area contributed by atoms with Gasteiger partial charge in [0.05, 0.1) is 0 Å². The molecule has 0 aliphatic heterocycles. The quantitative estimate of drug-likeness (QED) is 0.816. The predicted molar refractivity (Wildman–Crippen MR) is 92.6 cm³/mol. The van der Waals surface area contributed by atoms with Crippen molar-refractivity contribution >= 4 is 34.7 Å². The van der Waals surface area contributed by atoms with Crippen LogP contribution >= 0.6 is 11.6 Å². The fourth-order valence-electron chi connectivity index (χ4n) is 2.21. The van der Waals surface area contributed by atoms with E-state index >= 15 is 0 Å². The van der Waals surface area contributed by atoms with Gasteiger partial charge in [0, 0.05) is 30.9 Å². The molecule has 2 rings (SSSR count). The van der Waals surface area contributed by atoms with Gasteiger partial charge in [-0.15, -0.1) is 0 Å². The summed E-state index contributed by atoms with van der Waals surface area (Å²) in [5.74, 6) is -1.11. The van der Waals surface area contributed by atoms with Gasteiger partial charge in [-0.25, -0.2) is 14.6 Å². The molecule has 9 heteroatoms. The highest BCUT2D eigenvalue weighted by Crippen LogP contribution is 2.19. The van der Waals surface area contributed by atoms with Crippen molar-refractivity contribution in [2.75, 3.05) is 6.54 Å². The fourth-order valence-corrected chi connectivity index (χ4v) is 2.34. The molecule has 0 aromatic carbocycles. The Hall–Kier alpha value is -2.61. The van der Waals surface area contributed by atoms with Crippen LogP contribution in [-0.2, 0) is 11.3 Å². The van der Waals surface area contributed by atoms with E-state index in [1.807, 2.05) is 0 Å². The number of carbonyl (C=O) groups is 2. The molecule has 0 fully saturated rings. The summed E-state index contributed by atoms with van der Waals surface area (Å²) < 4.78 is 6.75. The van der Waals surface area contributed by atoms with Crippen molar-refractivity contribution < 1.29 is 19.4 Å². The third kappa shape index (κ3) is 4.48. The van der Waals surface area contributed by atoms with Gasteiger partial charge in [0.2, 0.25) is 5.28 Å². The highest BCUT2D eigenvalue weighted by atomic mass is 35.5. The van der Waals surface area contributed by atoms with Gasteiger partial charge >= 0.3 is 12.1 Å². The summed E-state index contributed by atoms with van der Waals surface area (Å²) in [5.41, 5.74) is -0.240. The molecule has 1 N–H and O–H groups in total. The second kappa shape index (κ2) is 7.10. The Kier molecular flexibility index (Phi) is 5.32. The fraction of sp³-hybridized carbons (Fsp3) is 0.375. The first kappa shape index (κ1) is 18.7. The first-order valence-electron chi connectivity index (χ1n) is 7.49. The number of rotatable bonds is 5. The zero-order valence-electron chi connectivity index (χ0n) is 14.2. The maximum Gasteiger partial charge on any atom is 0.414 e. The number of hydrogen-bond acceptors (Lipinski definition) is 5. The molecule has 0 bridgehead atoms. The Morgan fingerprint density at radius 3 is 2.72 bits per heavy atom. The summed E-state index contributed by atoms with van der Waals surface area (Å²) in [7, 11) is 0. The number of carbonyl (C=O) groups excluding carboxylic acids is 1. The van der Waals surface area contributed by atoms with Crippen LogP contribution in [0.1, 0.15) is 31.3 Å². The van der Waals surface area contributed by atoms with E-state index in [9.17, 15) is 14.7 Å². The van der Waals surface area contributed by atoms with Crippen LogP contribution in [0.25, 0.3) is 11.0 Å². The lowest BCUT2D eigenvalue weighted by Gasteiger charge is -2.25. The van der Waals surface area contributed by atoms with E-state index < -0.39 is 17.7 Å². The number of carboxylic acids is 1. The summed E-state index contributed by atoms with van der Waals surface area (Å²) >= 11 is 5.81. The Morgan fingerprint density at radius 2 is 2.16 bits per heavy atom. The van der Waals surface area contributed by atoms with Gasteiger partial charge in [-0.1, -0.05) is 6.58 Å². The zero-order valence-corrected chi connectivity index (χ0v) is 14.9. The molecule has 2 aromatic heterocycles. The predicted octanol–water partition coefficient (Wildman–Crippen LogP) is 3.16. The minimum atomic E-state index is -1.11. The number of aromatic carboxylic acids is 1. The van der Waals surface area contributed by atoms with Crippen LogP contribution in [0, 0.1) is 0 Å². The number of hydrogen-bond donors (Lipinski definition) is 1. The van der Waals surface area contributed by atoms with E-state index in [-0.39, 0.29) is 24.1 Å². The number of fused-ring (bicyclic) bond motifs is 1.